The van der Waals surface area contributed by atoms with Gasteiger partial charge in [-0.05, 0) is 72.3 Å². The lowest BCUT2D eigenvalue weighted by Crippen LogP contribution is -2.37. The summed E-state index contributed by atoms with van der Waals surface area (Å²) in [6.07, 6.45) is 3.64. The molecule has 2 N–H and O–H groups in total. The van der Waals surface area contributed by atoms with Crippen LogP contribution in [0.25, 0.3) is 0 Å². The first-order valence-electron chi connectivity index (χ1n) is 7.41. The van der Waals surface area contributed by atoms with Crippen molar-refractivity contribution in [3.63, 3.8) is 0 Å². The maximum Gasteiger partial charge on any atom is 0.0637 e. The zero-order valence-electron chi connectivity index (χ0n) is 12.4. The normalized spacial score (nSPS) is 16.2. The highest BCUT2D eigenvalue weighted by Crippen LogP contribution is 2.38. The van der Waals surface area contributed by atoms with Crippen LogP contribution in [-0.4, -0.2) is 32.8 Å². The number of rotatable bonds is 8. The molecule has 0 heterocycles. The maximum atomic E-state index is 5.63. The third-order valence-electron chi connectivity index (χ3n) is 4.09. The lowest BCUT2D eigenvalue weighted by atomic mass is 10.1. The smallest absolute Gasteiger partial charge is 0.0637 e. The lowest BCUT2D eigenvalue weighted by molar-refractivity contribution is 0.202. The summed E-state index contributed by atoms with van der Waals surface area (Å²) in [5.41, 5.74) is 8.18. The van der Waals surface area contributed by atoms with E-state index in [1.807, 2.05) is 0 Å². The number of hydrogen-bond acceptors (Lipinski definition) is 3. The molecule has 0 radical (unpaired) electrons. The molecule has 1 saturated carbocycles. The molecule has 1 fully saturated rings. The van der Waals surface area contributed by atoms with Gasteiger partial charge in [-0.2, -0.15) is 0 Å². The van der Waals surface area contributed by atoms with E-state index in [9.17, 15) is 0 Å². The van der Waals surface area contributed by atoms with E-state index in [0.29, 0.717) is 12.6 Å². The zero-order valence-corrected chi connectivity index (χ0v) is 14.0. The van der Waals surface area contributed by atoms with Crippen LogP contribution in [0.3, 0.4) is 0 Å². The van der Waals surface area contributed by atoms with Gasteiger partial charge in [-0.25, -0.2) is 0 Å². The van der Waals surface area contributed by atoms with Gasteiger partial charge in [0.15, 0.2) is 0 Å². The average molecular weight is 341 g/mol. The molecule has 1 aliphatic carbocycles. The molecule has 1 unspecified atom stereocenters. The van der Waals surface area contributed by atoms with Crippen LogP contribution in [0.2, 0.25) is 0 Å². The Morgan fingerprint density at radius 1 is 1.45 bits per heavy atom. The molecule has 0 amide bonds. The van der Waals surface area contributed by atoms with Gasteiger partial charge in [-0.1, -0.05) is 6.07 Å². The molecule has 20 heavy (non-hydrogen) atoms. The monoisotopic (exact) mass is 340 g/mol. The molecule has 3 nitrogen and oxygen atoms in total. The molecule has 112 valence electrons. The van der Waals surface area contributed by atoms with Crippen LogP contribution in [0.4, 0.5) is 5.69 Å². The van der Waals surface area contributed by atoms with Gasteiger partial charge in [0.2, 0.25) is 0 Å². The zero-order chi connectivity index (χ0) is 14.5. The quantitative estimate of drug-likeness (QED) is 0.789. The summed E-state index contributed by atoms with van der Waals surface area (Å²) in [6, 6.07) is 7.17. The highest BCUT2D eigenvalue weighted by atomic mass is 79.9. The standard InChI is InChI=1S/C16H25BrN2O/c1-12(14-4-5-14)19(9-10-20-2)16-6-3-13(7-8-18)11-15(16)17/h3,6,11-12,14H,4-5,7-10,18H2,1-2H3. The summed E-state index contributed by atoms with van der Waals surface area (Å²) in [4.78, 5) is 2.47. The van der Waals surface area contributed by atoms with Crippen LogP contribution in [0.5, 0.6) is 0 Å². The van der Waals surface area contributed by atoms with E-state index in [2.05, 4.69) is 46.0 Å². The fourth-order valence-electron chi connectivity index (χ4n) is 2.67. The van der Waals surface area contributed by atoms with Crippen LogP contribution in [0.1, 0.15) is 25.3 Å². The Kier molecular flexibility index (Phi) is 5.87. The largest absolute Gasteiger partial charge is 0.383 e. The minimum atomic E-state index is 0.571. The van der Waals surface area contributed by atoms with Crippen molar-refractivity contribution in [3.8, 4) is 0 Å². The van der Waals surface area contributed by atoms with Crippen molar-refractivity contribution < 1.29 is 4.74 Å². The first-order chi connectivity index (χ1) is 9.67. The van der Waals surface area contributed by atoms with E-state index in [1.54, 1.807) is 7.11 Å². The lowest BCUT2D eigenvalue weighted by Gasteiger charge is -2.32. The van der Waals surface area contributed by atoms with Gasteiger partial charge in [-0.15, -0.1) is 0 Å². The predicted molar refractivity (Wildman–Crippen MR) is 88.3 cm³/mol. The Morgan fingerprint density at radius 2 is 2.20 bits per heavy atom. The van der Waals surface area contributed by atoms with Crippen LogP contribution >= 0.6 is 15.9 Å². The molecule has 4 heteroatoms. The van der Waals surface area contributed by atoms with Gasteiger partial charge in [-0.3, -0.25) is 0 Å². The van der Waals surface area contributed by atoms with Crippen molar-refractivity contribution in [1.82, 2.24) is 0 Å². The summed E-state index contributed by atoms with van der Waals surface area (Å²) in [5, 5.41) is 0. The maximum absolute atomic E-state index is 5.63. The minimum Gasteiger partial charge on any atom is -0.383 e. The summed E-state index contributed by atoms with van der Waals surface area (Å²) < 4.78 is 6.43. The molecule has 1 atom stereocenters. The summed E-state index contributed by atoms with van der Waals surface area (Å²) in [5.74, 6) is 0.836. The highest BCUT2D eigenvalue weighted by Gasteiger charge is 2.32. The van der Waals surface area contributed by atoms with Crippen molar-refractivity contribution in [2.75, 3.05) is 31.7 Å². The molecule has 0 saturated heterocycles. The Hall–Kier alpha value is -0.580. The SMILES string of the molecule is COCCN(c1ccc(CCN)cc1Br)C(C)C1CC1. The molecule has 1 aromatic rings. The summed E-state index contributed by atoms with van der Waals surface area (Å²) >= 11 is 3.72. The molecule has 2 rings (SSSR count). The molecule has 0 bridgehead atoms. The number of nitrogens with zero attached hydrogens (tertiary/aromatic N) is 1. The number of hydrogen-bond donors (Lipinski definition) is 1. The number of benzene rings is 1. The van der Waals surface area contributed by atoms with E-state index < -0.39 is 0 Å². The van der Waals surface area contributed by atoms with Crippen molar-refractivity contribution in [1.29, 1.82) is 0 Å². The van der Waals surface area contributed by atoms with Crippen LogP contribution in [0, 0.1) is 5.92 Å². The van der Waals surface area contributed by atoms with E-state index in [-0.39, 0.29) is 0 Å². The van der Waals surface area contributed by atoms with Gasteiger partial charge in [0, 0.05) is 24.2 Å². The number of halogens is 1. The molecular formula is C16H25BrN2O. The van der Waals surface area contributed by atoms with Crippen molar-refractivity contribution in [2.24, 2.45) is 11.7 Å². The van der Waals surface area contributed by atoms with Crippen molar-refractivity contribution in [2.45, 2.75) is 32.2 Å². The topological polar surface area (TPSA) is 38.5 Å². The molecule has 0 aliphatic heterocycles. The third-order valence-corrected chi connectivity index (χ3v) is 4.72. The van der Waals surface area contributed by atoms with E-state index in [0.717, 1.165) is 30.0 Å². The predicted octanol–water partition coefficient (Wildman–Crippen LogP) is 3.20. The fraction of sp³-hybridized carbons (Fsp3) is 0.625. The molecule has 1 aliphatic rings. The first-order valence-corrected chi connectivity index (χ1v) is 8.20. The van der Waals surface area contributed by atoms with Gasteiger partial charge in [0.1, 0.15) is 0 Å². The second-order valence-corrected chi connectivity index (χ2v) is 6.44. The van der Waals surface area contributed by atoms with Gasteiger partial charge < -0.3 is 15.4 Å². The van der Waals surface area contributed by atoms with E-state index >= 15 is 0 Å². The van der Waals surface area contributed by atoms with Crippen LogP contribution in [-0.2, 0) is 11.2 Å². The van der Waals surface area contributed by atoms with E-state index in [4.69, 9.17) is 10.5 Å². The second-order valence-electron chi connectivity index (χ2n) is 5.59. The van der Waals surface area contributed by atoms with Crippen LogP contribution in [0.15, 0.2) is 22.7 Å². The minimum absolute atomic E-state index is 0.571. The number of nitrogens with two attached hydrogens (primary N) is 1. The highest BCUT2D eigenvalue weighted by molar-refractivity contribution is 9.10. The summed E-state index contributed by atoms with van der Waals surface area (Å²) in [7, 11) is 1.76. The molecule has 1 aromatic carbocycles. The molecular weight excluding hydrogens is 316 g/mol. The van der Waals surface area contributed by atoms with E-state index in [1.165, 1.54) is 24.1 Å². The van der Waals surface area contributed by atoms with Gasteiger partial charge in [0.25, 0.3) is 0 Å². The Labute approximate surface area is 130 Å². The fourth-order valence-corrected chi connectivity index (χ4v) is 3.33. The van der Waals surface area contributed by atoms with Crippen LogP contribution < -0.4 is 10.6 Å². The van der Waals surface area contributed by atoms with Gasteiger partial charge >= 0.3 is 0 Å². The molecule has 0 aromatic heterocycles. The average Bonchev–Trinajstić information content (AvgIpc) is 3.25. The van der Waals surface area contributed by atoms with Crippen molar-refractivity contribution >= 4 is 21.6 Å². The summed E-state index contributed by atoms with van der Waals surface area (Å²) in [6.45, 7) is 4.71. The third kappa shape index (κ3) is 3.96. The number of ether oxygens (including phenoxy) is 1. The van der Waals surface area contributed by atoms with Crippen molar-refractivity contribution in [3.05, 3.63) is 28.2 Å². The first kappa shape index (κ1) is 15.8. The number of anilines is 1. The second kappa shape index (κ2) is 7.43. The Balaban J connectivity index is 2.18. The molecule has 0 spiro atoms. The van der Waals surface area contributed by atoms with Gasteiger partial charge in [0.05, 0.1) is 12.3 Å². The Bertz CT molecular complexity index is 434. The Morgan fingerprint density at radius 3 is 2.75 bits per heavy atom. The number of methoxy groups -OCH3 is 1.